The number of rotatable bonds is 4. The van der Waals surface area contributed by atoms with Gasteiger partial charge in [0, 0.05) is 22.0 Å². The van der Waals surface area contributed by atoms with Gasteiger partial charge in [-0.25, -0.2) is 4.98 Å². The van der Waals surface area contributed by atoms with Crippen LogP contribution in [0.2, 0.25) is 0 Å². The first-order chi connectivity index (χ1) is 9.13. The van der Waals surface area contributed by atoms with Crippen molar-refractivity contribution in [3.8, 4) is 0 Å². The molecule has 1 heterocycles. The monoisotopic (exact) mass is 290 g/mol. The zero-order chi connectivity index (χ0) is 13.8. The van der Waals surface area contributed by atoms with E-state index in [1.165, 1.54) is 20.9 Å². The van der Waals surface area contributed by atoms with Crippen LogP contribution >= 0.6 is 23.5 Å². The van der Waals surface area contributed by atoms with Crippen LogP contribution in [0.25, 0.3) is 0 Å². The fourth-order valence-corrected chi connectivity index (χ4v) is 3.84. The van der Waals surface area contributed by atoms with E-state index in [-0.39, 0.29) is 0 Å². The number of aromatic nitrogens is 1. The molecule has 0 atom stereocenters. The summed E-state index contributed by atoms with van der Waals surface area (Å²) >= 11 is 3.43. The summed E-state index contributed by atoms with van der Waals surface area (Å²) in [5.41, 5.74) is 9.40. The average molecular weight is 290 g/mol. The second-order valence-corrected chi connectivity index (χ2v) is 6.28. The number of thioether (sulfide) groups is 1. The zero-order valence-corrected chi connectivity index (χ0v) is 13.1. The minimum atomic E-state index is 0.560. The van der Waals surface area contributed by atoms with Crippen molar-refractivity contribution in [2.24, 2.45) is 5.73 Å². The van der Waals surface area contributed by atoms with Crippen LogP contribution in [0.4, 0.5) is 0 Å². The van der Waals surface area contributed by atoms with Crippen molar-refractivity contribution in [2.45, 2.75) is 35.2 Å². The molecule has 0 bridgehead atoms. The van der Waals surface area contributed by atoms with Gasteiger partial charge in [-0.05, 0) is 55.5 Å². The van der Waals surface area contributed by atoms with Gasteiger partial charge in [-0.3, -0.25) is 0 Å². The van der Waals surface area contributed by atoms with Crippen molar-refractivity contribution in [3.63, 3.8) is 0 Å². The molecule has 0 amide bonds. The van der Waals surface area contributed by atoms with Gasteiger partial charge in [-0.2, -0.15) is 0 Å². The standard InChI is InChI=1S/C15H18N2S2/c1-10-7-11(2)17-15(8-10)19-14-6-4-5-13(18-3)12(14)9-16/h4-8H,9,16H2,1-3H3. The topological polar surface area (TPSA) is 38.9 Å². The van der Waals surface area contributed by atoms with Gasteiger partial charge in [0.2, 0.25) is 0 Å². The Labute approximate surface area is 123 Å². The molecule has 1 aromatic heterocycles. The molecule has 2 nitrogen and oxygen atoms in total. The van der Waals surface area contributed by atoms with Crippen LogP contribution in [0.3, 0.4) is 0 Å². The number of aryl methyl sites for hydroxylation is 2. The van der Waals surface area contributed by atoms with E-state index in [1.807, 2.05) is 6.92 Å². The smallest absolute Gasteiger partial charge is 0.101 e. The van der Waals surface area contributed by atoms with Crippen molar-refractivity contribution >= 4 is 23.5 Å². The quantitative estimate of drug-likeness (QED) is 0.863. The Bertz CT molecular complexity index is 562. The average Bonchev–Trinajstić information content (AvgIpc) is 2.37. The maximum absolute atomic E-state index is 5.89. The summed E-state index contributed by atoms with van der Waals surface area (Å²) in [6, 6.07) is 10.5. The van der Waals surface area contributed by atoms with Crippen molar-refractivity contribution < 1.29 is 0 Å². The van der Waals surface area contributed by atoms with Crippen molar-refractivity contribution in [2.75, 3.05) is 6.26 Å². The molecule has 0 saturated heterocycles. The Kier molecular flexibility index (Phi) is 4.91. The van der Waals surface area contributed by atoms with Crippen LogP contribution in [-0.2, 0) is 6.54 Å². The third-order valence-electron chi connectivity index (χ3n) is 2.80. The number of pyridine rings is 1. The second-order valence-electron chi connectivity index (χ2n) is 4.37. The van der Waals surface area contributed by atoms with Gasteiger partial charge in [-0.15, -0.1) is 11.8 Å². The molecule has 0 fully saturated rings. The minimum Gasteiger partial charge on any atom is -0.326 e. The SMILES string of the molecule is CSc1cccc(Sc2cc(C)cc(C)n2)c1CN. The number of hydrogen-bond acceptors (Lipinski definition) is 4. The van der Waals surface area contributed by atoms with Gasteiger partial charge in [-0.1, -0.05) is 17.8 Å². The summed E-state index contributed by atoms with van der Waals surface area (Å²) < 4.78 is 0. The largest absolute Gasteiger partial charge is 0.326 e. The molecular weight excluding hydrogens is 272 g/mol. The summed E-state index contributed by atoms with van der Waals surface area (Å²) in [6.07, 6.45) is 2.08. The van der Waals surface area contributed by atoms with Crippen LogP contribution in [0, 0.1) is 13.8 Å². The Hall–Kier alpha value is -0.970. The van der Waals surface area contributed by atoms with Crippen molar-refractivity contribution in [1.29, 1.82) is 0 Å². The fourth-order valence-electron chi connectivity index (χ4n) is 2.00. The lowest BCUT2D eigenvalue weighted by Gasteiger charge is -2.11. The molecule has 0 unspecified atom stereocenters. The summed E-state index contributed by atoms with van der Waals surface area (Å²) in [5.74, 6) is 0. The van der Waals surface area contributed by atoms with Crippen LogP contribution in [0.1, 0.15) is 16.8 Å². The lowest BCUT2D eigenvalue weighted by molar-refractivity contribution is 0.975. The second kappa shape index (κ2) is 6.46. The van der Waals surface area contributed by atoms with Crippen LogP contribution in [-0.4, -0.2) is 11.2 Å². The van der Waals surface area contributed by atoms with E-state index in [4.69, 9.17) is 5.73 Å². The molecule has 100 valence electrons. The molecule has 19 heavy (non-hydrogen) atoms. The van der Waals surface area contributed by atoms with E-state index < -0.39 is 0 Å². The first-order valence-electron chi connectivity index (χ1n) is 6.13. The van der Waals surface area contributed by atoms with Crippen LogP contribution < -0.4 is 5.73 Å². The summed E-state index contributed by atoms with van der Waals surface area (Å²) in [4.78, 5) is 7.02. The maximum Gasteiger partial charge on any atom is 0.101 e. The Balaban J connectivity index is 2.37. The van der Waals surface area contributed by atoms with Crippen molar-refractivity contribution in [1.82, 2.24) is 4.98 Å². The molecule has 0 aliphatic carbocycles. The Morgan fingerprint density at radius 1 is 1.16 bits per heavy atom. The van der Waals surface area contributed by atoms with Gasteiger partial charge in [0.1, 0.15) is 5.03 Å². The summed E-state index contributed by atoms with van der Waals surface area (Å²) in [5, 5.41) is 1.03. The van der Waals surface area contributed by atoms with Crippen molar-refractivity contribution in [3.05, 3.63) is 47.2 Å². The molecule has 1 aromatic carbocycles. The molecule has 2 N–H and O–H groups in total. The molecule has 0 aliphatic heterocycles. The molecule has 2 rings (SSSR count). The summed E-state index contributed by atoms with van der Waals surface area (Å²) in [7, 11) is 0. The molecule has 2 aromatic rings. The number of nitrogens with zero attached hydrogens (tertiary/aromatic N) is 1. The Morgan fingerprint density at radius 3 is 2.53 bits per heavy atom. The van der Waals surface area contributed by atoms with E-state index in [0.29, 0.717) is 6.54 Å². The lowest BCUT2D eigenvalue weighted by atomic mass is 10.2. The maximum atomic E-state index is 5.89. The molecule has 0 saturated carbocycles. The van der Waals surface area contributed by atoms with E-state index in [0.717, 1.165) is 10.7 Å². The van der Waals surface area contributed by atoms with Gasteiger partial charge in [0.15, 0.2) is 0 Å². The normalized spacial score (nSPS) is 10.7. The zero-order valence-electron chi connectivity index (χ0n) is 11.4. The number of benzene rings is 1. The highest BCUT2D eigenvalue weighted by Gasteiger charge is 2.09. The first-order valence-corrected chi connectivity index (χ1v) is 8.17. The highest BCUT2D eigenvalue weighted by molar-refractivity contribution is 7.99. The predicted molar refractivity (Wildman–Crippen MR) is 83.9 cm³/mol. The fraction of sp³-hybridized carbons (Fsp3) is 0.267. The lowest BCUT2D eigenvalue weighted by Crippen LogP contribution is -2.00. The number of hydrogen-bond donors (Lipinski definition) is 1. The number of nitrogens with two attached hydrogens (primary N) is 1. The molecular formula is C15H18N2S2. The van der Waals surface area contributed by atoms with E-state index in [2.05, 4.69) is 48.5 Å². The van der Waals surface area contributed by atoms with Crippen LogP contribution in [0.5, 0.6) is 0 Å². The van der Waals surface area contributed by atoms with Gasteiger partial charge in [0.05, 0.1) is 0 Å². The molecule has 4 heteroatoms. The predicted octanol–water partition coefficient (Wildman–Crippen LogP) is 4.03. The molecule has 0 spiro atoms. The van der Waals surface area contributed by atoms with Gasteiger partial charge >= 0.3 is 0 Å². The highest BCUT2D eigenvalue weighted by Crippen LogP contribution is 2.34. The van der Waals surface area contributed by atoms with E-state index in [9.17, 15) is 0 Å². The minimum absolute atomic E-state index is 0.560. The third kappa shape index (κ3) is 3.53. The summed E-state index contributed by atoms with van der Waals surface area (Å²) in [6.45, 7) is 4.68. The first kappa shape index (κ1) is 14.4. The Morgan fingerprint density at radius 2 is 1.89 bits per heavy atom. The molecule has 0 aliphatic rings. The van der Waals surface area contributed by atoms with Gasteiger partial charge < -0.3 is 5.73 Å². The van der Waals surface area contributed by atoms with Gasteiger partial charge in [0.25, 0.3) is 0 Å². The highest BCUT2D eigenvalue weighted by atomic mass is 32.2. The van der Waals surface area contributed by atoms with E-state index in [1.54, 1.807) is 23.5 Å². The third-order valence-corrected chi connectivity index (χ3v) is 4.65. The van der Waals surface area contributed by atoms with E-state index >= 15 is 0 Å². The van der Waals surface area contributed by atoms with Crippen LogP contribution in [0.15, 0.2) is 45.1 Å². The molecule has 0 radical (unpaired) electrons.